The van der Waals surface area contributed by atoms with Crippen molar-refractivity contribution in [2.75, 3.05) is 20.1 Å². The number of carbonyl (C=O) groups excluding carboxylic acids is 1. The molecule has 0 spiro atoms. The highest BCUT2D eigenvalue weighted by molar-refractivity contribution is 5.83. The second-order valence-corrected chi connectivity index (χ2v) is 4.93. The predicted molar refractivity (Wildman–Crippen MR) is 55.5 cm³/mol. The normalized spacial score (nSPS) is 24.4. The maximum absolute atomic E-state index is 11.5. The Morgan fingerprint density at radius 3 is 2.40 bits per heavy atom. The first-order valence-corrected chi connectivity index (χ1v) is 4.97. The third-order valence-corrected chi connectivity index (χ3v) is 2.70. The number of likely N-dealkylation sites (N-methyl/N-ethyl adjacent to an activating group) is 1. The summed E-state index contributed by atoms with van der Waals surface area (Å²) in [5.74, 6) is -0.897. The molecule has 0 aromatic rings. The molecule has 1 aliphatic rings. The zero-order valence-electron chi connectivity index (χ0n) is 9.65. The van der Waals surface area contributed by atoms with Gasteiger partial charge in [-0.2, -0.15) is 0 Å². The Balaban J connectivity index is 2.91. The molecule has 0 aliphatic carbocycles. The van der Waals surface area contributed by atoms with Gasteiger partial charge in [-0.25, -0.2) is 0 Å². The Morgan fingerprint density at radius 1 is 1.47 bits per heavy atom. The fraction of sp³-hybridized carbons (Fsp3) is 0.800. The van der Waals surface area contributed by atoms with Crippen LogP contribution in [-0.2, 0) is 9.59 Å². The average Bonchev–Trinajstić information content (AvgIpc) is 2.06. The summed E-state index contributed by atoms with van der Waals surface area (Å²) in [6.45, 7) is 6.19. The van der Waals surface area contributed by atoms with Gasteiger partial charge in [0, 0.05) is 19.1 Å². The standard InChI is InChI=1S/C10H18N2O3/c1-10(2,3)12-6-8(13)11(4)5-7(12)9(14)15/h7H,5-6H2,1-4H3,(H,14,15). The quantitative estimate of drug-likeness (QED) is 0.668. The molecule has 1 aliphatic heterocycles. The molecule has 1 rings (SSSR count). The Hall–Kier alpha value is -1.10. The highest BCUT2D eigenvalue weighted by Gasteiger charge is 2.40. The van der Waals surface area contributed by atoms with Gasteiger partial charge in [-0.3, -0.25) is 14.5 Å². The van der Waals surface area contributed by atoms with Crippen LogP contribution in [0.1, 0.15) is 20.8 Å². The summed E-state index contributed by atoms with van der Waals surface area (Å²) in [6.07, 6.45) is 0. The lowest BCUT2D eigenvalue weighted by molar-refractivity contribution is -0.155. The van der Waals surface area contributed by atoms with Gasteiger partial charge in [-0.1, -0.05) is 0 Å². The topological polar surface area (TPSA) is 60.9 Å². The van der Waals surface area contributed by atoms with Crippen LogP contribution in [0.2, 0.25) is 0 Å². The molecular formula is C10H18N2O3. The van der Waals surface area contributed by atoms with Crippen molar-refractivity contribution >= 4 is 11.9 Å². The summed E-state index contributed by atoms with van der Waals surface area (Å²) in [7, 11) is 1.64. The van der Waals surface area contributed by atoms with E-state index >= 15 is 0 Å². The van der Waals surface area contributed by atoms with Gasteiger partial charge in [0.15, 0.2) is 0 Å². The highest BCUT2D eigenvalue weighted by atomic mass is 16.4. The van der Waals surface area contributed by atoms with Crippen molar-refractivity contribution in [1.82, 2.24) is 9.80 Å². The number of aliphatic carboxylic acids is 1. The maximum atomic E-state index is 11.5. The molecule has 0 radical (unpaired) electrons. The molecule has 15 heavy (non-hydrogen) atoms. The van der Waals surface area contributed by atoms with Crippen molar-refractivity contribution in [3.8, 4) is 0 Å². The number of amides is 1. The number of rotatable bonds is 1. The van der Waals surface area contributed by atoms with Crippen LogP contribution in [0, 0.1) is 0 Å². The highest BCUT2D eigenvalue weighted by Crippen LogP contribution is 2.21. The Kier molecular flexibility index (Phi) is 3.04. The fourth-order valence-corrected chi connectivity index (χ4v) is 1.75. The van der Waals surface area contributed by atoms with Crippen molar-refractivity contribution < 1.29 is 14.7 Å². The summed E-state index contributed by atoms with van der Waals surface area (Å²) < 4.78 is 0. The second kappa shape index (κ2) is 3.81. The fourth-order valence-electron chi connectivity index (χ4n) is 1.75. The van der Waals surface area contributed by atoms with Crippen LogP contribution in [-0.4, -0.2) is 58.5 Å². The molecule has 1 fully saturated rings. The van der Waals surface area contributed by atoms with E-state index in [9.17, 15) is 9.59 Å². The van der Waals surface area contributed by atoms with Crippen LogP contribution in [0.5, 0.6) is 0 Å². The SMILES string of the molecule is CN1CC(C(=O)O)N(C(C)(C)C)CC1=O. The Labute approximate surface area is 89.7 Å². The van der Waals surface area contributed by atoms with Crippen LogP contribution in [0.4, 0.5) is 0 Å². The molecule has 5 nitrogen and oxygen atoms in total. The van der Waals surface area contributed by atoms with E-state index in [-0.39, 0.29) is 24.5 Å². The van der Waals surface area contributed by atoms with Crippen molar-refractivity contribution in [3.63, 3.8) is 0 Å². The zero-order chi connectivity index (χ0) is 11.8. The van der Waals surface area contributed by atoms with E-state index in [2.05, 4.69) is 0 Å². The molecule has 1 heterocycles. The van der Waals surface area contributed by atoms with E-state index in [1.807, 2.05) is 20.8 Å². The van der Waals surface area contributed by atoms with Gasteiger partial charge >= 0.3 is 5.97 Å². The predicted octanol–water partition coefficient (Wildman–Crippen LogP) is 0.0121. The van der Waals surface area contributed by atoms with E-state index in [4.69, 9.17) is 5.11 Å². The molecule has 1 atom stereocenters. The summed E-state index contributed by atoms with van der Waals surface area (Å²) in [4.78, 5) is 25.8. The van der Waals surface area contributed by atoms with Gasteiger partial charge < -0.3 is 10.0 Å². The van der Waals surface area contributed by atoms with Gasteiger partial charge in [0.25, 0.3) is 0 Å². The zero-order valence-corrected chi connectivity index (χ0v) is 9.65. The molecule has 86 valence electrons. The molecule has 1 N–H and O–H groups in total. The van der Waals surface area contributed by atoms with Crippen molar-refractivity contribution in [1.29, 1.82) is 0 Å². The molecule has 1 saturated heterocycles. The van der Waals surface area contributed by atoms with Crippen LogP contribution >= 0.6 is 0 Å². The first kappa shape index (κ1) is 12.0. The maximum Gasteiger partial charge on any atom is 0.322 e. The molecule has 0 aromatic carbocycles. The minimum Gasteiger partial charge on any atom is -0.480 e. The van der Waals surface area contributed by atoms with Crippen molar-refractivity contribution in [3.05, 3.63) is 0 Å². The number of carboxylic acid groups (broad SMARTS) is 1. The number of nitrogens with zero attached hydrogens (tertiary/aromatic N) is 2. The van der Waals surface area contributed by atoms with Gasteiger partial charge in [0.1, 0.15) is 6.04 Å². The lowest BCUT2D eigenvalue weighted by atomic mass is 10.00. The number of carboxylic acids is 1. The lowest BCUT2D eigenvalue weighted by Crippen LogP contribution is -2.63. The number of piperazine rings is 1. The van der Waals surface area contributed by atoms with Crippen LogP contribution in [0.25, 0.3) is 0 Å². The van der Waals surface area contributed by atoms with E-state index in [0.29, 0.717) is 0 Å². The van der Waals surface area contributed by atoms with Gasteiger partial charge in [-0.15, -0.1) is 0 Å². The van der Waals surface area contributed by atoms with Crippen molar-refractivity contribution in [2.24, 2.45) is 0 Å². The first-order valence-electron chi connectivity index (χ1n) is 4.97. The van der Waals surface area contributed by atoms with E-state index in [0.717, 1.165) is 0 Å². The third-order valence-electron chi connectivity index (χ3n) is 2.70. The van der Waals surface area contributed by atoms with Gasteiger partial charge in [-0.05, 0) is 20.8 Å². The van der Waals surface area contributed by atoms with E-state index in [1.165, 1.54) is 4.90 Å². The summed E-state index contributed by atoms with van der Waals surface area (Å²) in [6, 6.07) is -0.604. The minimum atomic E-state index is -0.871. The van der Waals surface area contributed by atoms with Crippen LogP contribution < -0.4 is 0 Å². The largest absolute Gasteiger partial charge is 0.480 e. The third kappa shape index (κ3) is 2.47. The lowest BCUT2D eigenvalue weighted by Gasteiger charge is -2.44. The monoisotopic (exact) mass is 214 g/mol. The van der Waals surface area contributed by atoms with E-state index < -0.39 is 12.0 Å². The summed E-state index contributed by atoms with van der Waals surface area (Å²) >= 11 is 0. The average molecular weight is 214 g/mol. The number of hydrogen-bond acceptors (Lipinski definition) is 3. The Bertz CT molecular complexity index is 283. The number of hydrogen-bond donors (Lipinski definition) is 1. The first-order chi connectivity index (χ1) is 6.73. The summed E-state index contributed by atoms with van der Waals surface area (Å²) in [5, 5.41) is 9.10. The van der Waals surface area contributed by atoms with Gasteiger partial charge in [0.2, 0.25) is 5.91 Å². The number of carbonyl (C=O) groups is 2. The van der Waals surface area contributed by atoms with Crippen LogP contribution in [0.3, 0.4) is 0 Å². The molecule has 0 saturated carbocycles. The smallest absolute Gasteiger partial charge is 0.322 e. The molecule has 5 heteroatoms. The van der Waals surface area contributed by atoms with E-state index in [1.54, 1.807) is 11.9 Å². The molecular weight excluding hydrogens is 196 g/mol. The summed E-state index contributed by atoms with van der Waals surface area (Å²) in [5.41, 5.74) is -0.306. The Morgan fingerprint density at radius 2 is 2.00 bits per heavy atom. The second-order valence-electron chi connectivity index (χ2n) is 4.93. The van der Waals surface area contributed by atoms with Gasteiger partial charge in [0.05, 0.1) is 6.54 Å². The molecule has 1 amide bonds. The molecule has 1 unspecified atom stereocenters. The minimum absolute atomic E-state index is 0.0255. The van der Waals surface area contributed by atoms with Crippen LogP contribution in [0.15, 0.2) is 0 Å². The molecule has 0 bridgehead atoms. The van der Waals surface area contributed by atoms with Crippen molar-refractivity contribution in [2.45, 2.75) is 32.4 Å². The molecule has 0 aromatic heterocycles.